The van der Waals surface area contributed by atoms with E-state index < -0.39 is 6.10 Å². The van der Waals surface area contributed by atoms with Crippen LogP contribution in [0.1, 0.15) is 19.3 Å². The summed E-state index contributed by atoms with van der Waals surface area (Å²) in [5, 5.41) is 11.3. The average molecular weight is 359 g/mol. The molecule has 0 aliphatic carbocycles. The number of benzene rings is 1. The van der Waals surface area contributed by atoms with E-state index in [0.29, 0.717) is 28.4 Å². The lowest BCUT2D eigenvalue weighted by Gasteiger charge is -2.27. The van der Waals surface area contributed by atoms with E-state index in [0.717, 1.165) is 13.1 Å². The predicted molar refractivity (Wildman–Crippen MR) is 93.6 cm³/mol. The molecule has 2 heterocycles. The van der Waals surface area contributed by atoms with Crippen molar-refractivity contribution in [1.29, 1.82) is 0 Å². The van der Waals surface area contributed by atoms with Crippen LogP contribution < -0.4 is 4.74 Å². The van der Waals surface area contributed by atoms with Crippen LogP contribution in [0.25, 0.3) is 0 Å². The van der Waals surface area contributed by atoms with Crippen molar-refractivity contribution in [2.75, 3.05) is 39.3 Å². The van der Waals surface area contributed by atoms with Crippen molar-refractivity contribution < 1.29 is 9.84 Å². The highest BCUT2D eigenvalue weighted by Gasteiger charge is 2.29. The average Bonchev–Trinajstić information content (AvgIpc) is 2.85. The summed E-state index contributed by atoms with van der Waals surface area (Å²) in [5.41, 5.74) is 0. The second-order valence-electron chi connectivity index (χ2n) is 6.48. The maximum Gasteiger partial charge on any atom is 0.138 e. The zero-order valence-corrected chi connectivity index (χ0v) is 14.8. The number of hydrogen-bond acceptors (Lipinski definition) is 4. The monoisotopic (exact) mass is 358 g/mol. The van der Waals surface area contributed by atoms with Gasteiger partial charge in [0.2, 0.25) is 0 Å². The normalized spacial score (nSPS) is 24.2. The molecule has 0 bridgehead atoms. The Balaban J connectivity index is 1.47. The van der Waals surface area contributed by atoms with Gasteiger partial charge < -0.3 is 9.84 Å². The summed E-state index contributed by atoms with van der Waals surface area (Å²) in [4.78, 5) is 4.96. The van der Waals surface area contributed by atoms with Gasteiger partial charge in [-0.05, 0) is 57.1 Å². The minimum absolute atomic E-state index is 0.242. The van der Waals surface area contributed by atoms with Crippen molar-refractivity contribution in [3.8, 4) is 5.75 Å². The van der Waals surface area contributed by atoms with Crippen molar-refractivity contribution >= 4 is 23.2 Å². The lowest BCUT2D eigenvalue weighted by Crippen LogP contribution is -2.41. The van der Waals surface area contributed by atoms with Crippen molar-refractivity contribution in [3.63, 3.8) is 0 Å². The van der Waals surface area contributed by atoms with E-state index in [2.05, 4.69) is 9.80 Å². The first kappa shape index (κ1) is 17.3. The topological polar surface area (TPSA) is 35.9 Å². The summed E-state index contributed by atoms with van der Waals surface area (Å²) in [6.07, 6.45) is 3.24. The summed E-state index contributed by atoms with van der Waals surface area (Å²) < 4.78 is 5.64. The van der Waals surface area contributed by atoms with Crippen molar-refractivity contribution in [1.82, 2.24) is 9.80 Å². The van der Waals surface area contributed by atoms with Gasteiger partial charge in [0.25, 0.3) is 0 Å². The number of hydrogen-bond donors (Lipinski definition) is 1. The highest BCUT2D eigenvalue weighted by molar-refractivity contribution is 6.35. The molecule has 0 saturated carbocycles. The molecule has 2 aliphatic heterocycles. The summed E-state index contributed by atoms with van der Waals surface area (Å²) in [5.74, 6) is 0.563. The van der Waals surface area contributed by atoms with Crippen LogP contribution in [0.3, 0.4) is 0 Å². The van der Waals surface area contributed by atoms with Crippen molar-refractivity contribution in [3.05, 3.63) is 28.2 Å². The molecule has 0 radical (unpaired) electrons. The number of rotatable bonds is 5. The Kier molecular flexibility index (Phi) is 6.05. The molecule has 1 N–H and O–H groups in total. The molecule has 6 heteroatoms. The zero-order chi connectivity index (χ0) is 16.2. The van der Waals surface area contributed by atoms with Crippen LogP contribution >= 0.6 is 23.2 Å². The van der Waals surface area contributed by atoms with Gasteiger partial charge in [-0.3, -0.25) is 9.80 Å². The smallest absolute Gasteiger partial charge is 0.138 e. The Morgan fingerprint density at radius 2 is 2.04 bits per heavy atom. The SMILES string of the molecule is O[C@H](COc1ccc(Cl)cc1Cl)CN1CCCN2CCC[C@@H]2C1. The number of aliphatic hydroxyl groups is 1. The van der Waals surface area contributed by atoms with E-state index in [1.807, 2.05) is 0 Å². The first-order valence-corrected chi connectivity index (χ1v) is 9.10. The van der Waals surface area contributed by atoms with Crippen LogP contribution in [0.4, 0.5) is 0 Å². The van der Waals surface area contributed by atoms with E-state index in [4.69, 9.17) is 27.9 Å². The fourth-order valence-corrected chi connectivity index (χ4v) is 4.04. The Labute approximate surface area is 147 Å². The van der Waals surface area contributed by atoms with E-state index in [1.165, 1.54) is 32.4 Å². The maximum atomic E-state index is 10.3. The molecule has 2 fully saturated rings. The molecule has 1 aromatic rings. The van der Waals surface area contributed by atoms with E-state index in [9.17, 15) is 5.11 Å². The second kappa shape index (κ2) is 8.04. The van der Waals surface area contributed by atoms with Gasteiger partial charge in [0.05, 0.1) is 5.02 Å². The third-order valence-electron chi connectivity index (χ3n) is 4.68. The summed E-state index contributed by atoms with van der Waals surface area (Å²) >= 11 is 11.9. The molecule has 2 aliphatic rings. The molecule has 2 atom stereocenters. The molecule has 3 rings (SSSR count). The van der Waals surface area contributed by atoms with Crippen LogP contribution in [0, 0.1) is 0 Å². The largest absolute Gasteiger partial charge is 0.489 e. The van der Waals surface area contributed by atoms with Crippen molar-refractivity contribution in [2.24, 2.45) is 0 Å². The third-order valence-corrected chi connectivity index (χ3v) is 5.21. The van der Waals surface area contributed by atoms with Gasteiger partial charge in [-0.2, -0.15) is 0 Å². The van der Waals surface area contributed by atoms with Gasteiger partial charge in [0.15, 0.2) is 0 Å². The molecule has 0 aromatic heterocycles. The second-order valence-corrected chi connectivity index (χ2v) is 7.33. The third kappa shape index (κ3) is 4.74. The van der Waals surface area contributed by atoms with E-state index >= 15 is 0 Å². The standard InChI is InChI=1S/C17H24Cl2N2O2/c18-13-4-5-17(16(19)9-13)23-12-15(22)11-20-6-2-8-21-7-1-3-14(21)10-20/h4-5,9,14-15,22H,1-3,6-8,10-12H2/t14-,15+/m1/s1. The van der Waals surface area contributed by atoms with Gasteiger partial charge in [-0.15, -0.1) is 0 Å². The fraction of sp³-hybridized carbons (Fsp3) is 0.647. The van der Waals surface area contributed by atoms with Crippen LogP contribution in [-0.4, -0.2) is 66.4 Å². The first-order valence-electron chi connectivity index (χ1n) is 8.34. The number of β-amino-alcohol motifs (C(OH)–C–C–N with tert-alkyl or cyclic N) is 1. The van der Waals surface area contributed by atoms with E-state index in [1.54, 1.807) is 18.2 Å². The molecule has 0 spiro atoms. The zero-order valence-electron chi connectivity index (χ0n) is 13.3. The minimum atomic E-state index is -0.519. The quantitative estimate of drug-likeness (QED) is 0.877. The van der Waals surface area contributed by atoms with Crippen LogP contribution in [0.2, 0.25) is 10.0 Å². The highest BCUT2D eigenvalue weighted by Crippen LogP contribution is 2.27. The number of aliphatic hydroxyl groups excluding tert-OH is 1. The molecule has 1 aromatic carbocycles. The summed E-state index contributed by atoms with van der Waals surface area (Å²) in [6, 6.07) is 5.78. The number of ether oxygens (including phenoxy) is 1. The summed E-state index contributed by atoms with van der Waals surface area (Å²) in [6.45, 7) is 5.42. The number of halogens is 2. The number of nitrogens with zero attached hydrogens (tertiary/aromatic N) is 2. The summed E-state index contributed by atoms with van der Waals surface area (Å²) in [7, 11) is 0. The molecule has 128 valence electrons. The molecule has 0 amide bonds. The maximum absolute atomic E-state index is 10.3. The molecular formula is C17H24Cl2N2O2. The van der Waals surface area contributed by atoms with Gasteiger partial charge in [0.1, 0.15) is 18.5 Å². The van der Waals surface area contributed by atoms with Gasteiger partial charge in [0, 0.05) is 24.2 Å². The molecule has 2 saturated heterocycles. The minimum Gasteiger partial charge on any atom is -0.489 e. The predicted octanol–water partition coefficient (Wildman–Crippen LogP) is 2.90. The van der Waals surface area contributed by atoms with Crippen LogP contribution in [-0.2, 0) is 0 Å². The van der Waals surface area contributed by atoms with Gasteiger partial charge in [-0.25, -0.2) is 0 Å². The lowest BCUT2D eigenvalue weighted by molar-refractivity contribution is 0.0658. The lowest BCUT2D eigenvalue weighted by atomic mass is 10.2. The van der Waals surface area contributed by atoms with Crippen molar-refractivity contribution in [2.45, 2.75) is 31.4 Å². The van der Waals surface area contributed by atoms with Gasteiger partial charge >= 0.3 is 0 Å². The Hall–Kier alpha value is -0.520. The highest BCUT2D eigenvalue weighted by atomic mass is 35.5. The fourth-order valence-electron chi connectivity index (χ4n) is 3.58. The number of fused-ring (bicyclic) bond motifs is 1. The van der Waals surface area contributed by atoms with Gasteiger partial charge in [-0.1, -0.05) is 23.2 Å². The Morgan fingerprint density at radius 1 is 1.22 bits per heavy atom. The molecule has 23 heavy (non-hydrogen) atoms. The Morgan fingerprint density at radius 3 is 2.87 bits per heavy atom. The molecule has 4 nitrogen and oxygen atoms in total. The molecule has 0 unspecified atom stereocenters. The Bertz CT molecular complexity index is 529. The van der Waals surface area contributed by atoms with Crippen LogP contribution in [0.15, 0.2) is 18.2 Å². The first-order chi connectivity index (χ1) is 11.1. The molecular weight excluding hydrogens is 335 g/mol. The van der Waals surface area contributed by atoms with E-state index in [-0.39, 0.29) is 6.61 Å². The van der Waals surface area contributed by atoms with Crippen LogP contribution in [0.5, 0.6) is 5.75 Å².